The topological polar surface area (TPSA) is 73.2 Å². The molecule has 0 bridgehead atoms. The minimum atomic E-state index is -0.181. The van der Waals surface area contributed by atoms with Crippen LogP contribution in [0, 0.1) is 0 Å². The summed E-state index contributed by atoms with van der Waals surface area (Å²) in [5, 5.41) is 6.69. The Bertz CT molecular complexity index is 509. The zero-order valence-corrected chi connectivity index (χ0v) is 8.51. The fourth-order valence-corrected chi connectivity index (χ4v) is 1.69. The molecule has 0 saturated heterocycles. The van der Waals surface area contributed by atoms with Crippen molar-refractivity contribution in [1.29, 1.82) is 0 Å². The maximum Gasteiger partial charge on any atom is 0.174 e. The first-order valence-electron chi connectivity index (χ1n) is 5.02. The van der Waals surface area contributed by atoms with Gasteiger partial charge >= 0.3 is 0 Å². The molecule has 1 aliphatic heterocycles. The van der Waals surface area contributed by atoms with Crippen LogP contribution in [0.25, 0.3) is 0 Å². The highest BCUT2D eigenvalue weighted by Crippen LogP contribution is 2.35. The van der Waals surface area contributed by atoms with Gasteiger partial charge in [-0.2, -0.15) is 5.10 Å². The SMILES string of the molecule is Nc1cc(C2COc3ccccc3O2)[nH]n1. The predicted molar refractivity (Wildman–Crippen MR) is 58.3 cm³/mol. The number of rotatable bonds is 1. The van der Waals surface area contributed by atoms with Gasteiger partial charge in [-0.25, -0.2) is 0 Å². The first-order chi connectivity index (χ1) is 7.83. The molecule has 3 N–H and O–H groups in total. The molecule has 5 nitrogen and oxygen atoms in total. The summed E-state index contributed by atoms with van der Waals surface area (Å²) >= 11 is 0. The first-order valence-corrected chi connectivity index (χ1v) is 5.02. The van der Waals surface area contributed by atoms with E-state index in [4.69, 9.17) is 15.2 Å². The van der Waals surface area contributed by atoms with Crippen LogP contribution in [0.2, 0.25) is 0 Å². The average Bonchev–Trinajstić information content (AvgIpc) is 2.75. The fraction of sp³-hybridized carbons (Fsp3) is 0.182. The number of hydrogen-bond donors (Lipinski definition) is 2. The third kappa shape index (κ3) is 1.46. The highest BCUT2D eigenvalue weighted by Gasteiger charge is 2.23. The molecule has 1 unspecified atom stereocenters. The molecule has 2 aromatic rings. The Morgan fingerprint density at radius 1 is 1.31 bits per heavy atom. The Balaban J connectivity index is 1.88. The Kier molecular flexibility index (Phi) is 1.96. The van der Waals surface area contributed by atoms with Crippen molar-refractivity contribution in [2.45, 2.75) is 6.10 Å². The van der Waals surface area contributed by atoms with Gasteiger partial charge in [-0.1, -0.05) is 12.1 Å². The first kappa shape index (κ1) is 9.08. The summed E-state index contributed by atoms with van der Waals surface area (Å²) in [7, 11) is 0. The standard InChI is InChI=1S/C11H11N3O2/c12-11-5-7(13-14-11)10-6-15-8-3-1-2-4-9(8)16-10/h1-5,10H,6H2,(H3,12,13,14). The molecule has 82 valence electrons. The summed E-state index contributed by atoms with van der Waals surface area (Å²) in [4.78, 5) is 0. The van der Waals surface area contributed by atoms with Gasteiger partial charge in [-0.3, -0.25) is 5.10 Å². The van der Waals surface area contributed by atoms with Crippen molar-refractivity contribution in [3.05, 3.63) is 36.0 Å². The van der Waals surface area contributed by atoms with Crippen LogP contribution in [-0.4, -0.2) is 16.8 Å². The number of aromatic amines is 1. The number of nitrogen functional groups attached to an aromatic ring is 1. The van der Waals surface area contributed by atoms with Crippen LogP contribution >= 0.6 is 0 Å². The van der Waals surface area contributed by atoms with Crippen LogP contribution in [0.4, 0.5) is 5.82 Å². The average molecular weight is 217 g/mol. The van der Waals surface area contributed by atoms with E-state index in [9.17, 15) is 0 Å². The van der Waals surface area contributed by atoms with Crippen molar-refractivity contribution in [1.82, 2.24) is 10.2 Å². The Morgan fingerprint density at radius 2 is 2.12 bits per heavy atom. The molecule has 1 atom stereocenters. The normalized spacial score (nSPS) is 18.4. The van der Waals surface area contributed by atoms with Gasteiger partial charge in [-0.05, 0) is 12.1 Å². The fourth-order valence-electron chi connectivity index (χ4n) is 1.69. The van der Waals surface area contributed by atoms with E-state index in [0.717, 1.165) is 17.2 Å². The maximum atomic E-state index is 5.78. The highest BCUT2D eigenvalue weighted by molar-refractivity contribution is 5.41. The summed E-state index contributed by atoms with van der Waals surface area (Å²) in [5.41, 5.74) is 6.37. The number of nitrogens with zero attached hydrogens (tertiary/aromatic N) is 1. The zero-order chi connectivity index (χ0) is 11.0. The third-order valence-electron chi connectivity index (χ3n) is 2.47. The van der Waals surface area contributed by atoms with Crippen molar-refractivity contribution in [3.63, 3.8) is 0 Å². The van der Waals surface area contributed by atoms with E-state index < -0.39 is 0 Å². The number of para-hydroxylation sites is 2. The largest absolute Gasteiger partial charge is 0.485 e. The van der Waals surface area contributed by atoms with Gasteiger partial charge in [0, 0.05) is 6.07 Å². The van der Waals surface area contributed by atoms with Crippen molar-refractivity contribution in [2.24, 2.45) is 0 Å². The predicted octanol–water partition coefficient (Wildman–Crippen LogP) is 1.50. The Hall–Kier alpha value is -2.17. The molecule has 16 heavy (non-hydrogen) atoms. The molecule has 0 fully saturated rings. The number of benzene rings is 1. The molecule has 0 saturated carbocycles. The van der Waals surface area contributed by atoms with Gasteiger partial charge in [0.2, 0.25) is 0 Å². The quantitative estimate of drug-likeness (QED) is 0.759. The van der Waals surface area contributed by atoms with Gasteiger partial charge in [0.05, 0.1) is 5.69 Å². The van der Waals surface area contributed by atoms with Gasteiger partial charge in [0.1, 0.15) is 12.4 Å². The lowest BCUT2D eigenvalue weighted by atomic mass is 10.2. The van der Waals surface area contributed by atoms with Crippen molar-refractivity contribution in [3.8, 4) is 11.5 Å². The summed E-state index contributed by atoms with van der Waals surface area (Å²) in [6, 6.07) is 9.33. The molecule has 2 heterocycles. The molecule has 1 aliphatic rings. The summed E-state index contributed by atoms with van der Waals surface area (Å²) < 4.78 is 11.4. The van der Waals surface area contributed by atoms with Crippen LogP contribution in [0.5, 0.6) is 11.5 Å². The Morgan fingerprint density at radius 3 is 2.88 bits per heavy atom. The van der Waals surface area contributed by atoms with E-state index in [2.05, 4.69) is 10.2 Å². The van der Waals surface area contributed by atoms with Gasteiger partial charge in [0.25, 0.3) is 0 Å². The monoisotopic (exact) mass is 217 g/mol. The van der Waals surface area contributed by atoms with Gasteiger partial charge < -0.3 is 15.2 Å². The number of aromatic nitrogens is 2. The molecule has 0 spiro atoms. The molecule has 1 aromatic carbocycles. The number of anilines is 1. The summed E-state index contributed by atoms with van der Waals surface area (Å²) in [6.45, 7) is 0.457. The van der Waals surface area contributed by atoms with E-state index in [1.165, 1.54) is 0 Å². The van der Waals surface area contributed by atoms with Crippen LogP contribution in [0.1, 0.15) is 11.8 Å². The minimum Gasteiger partial charge on any atom is -0.485 e. The number of ether oxygens (including phenoxy) is 2. The van der Waals surface area contributed by atoms with E-state index >= 15 is 0 Å². The van der Waals surface area contributed by atoms with Crippen LogP contribution < -0.4 is 15.2 Å². The third-order valence-corrected chi connectivity index (χ3v) is 2.47. The number of hydrogen-bond acceptors (Lipinski definition) is 4. The molecular formula is C11H11N3O2. The van der Waals surface area contributed by atoms with Crippen molar-refractivity contribution >= 4 is 5.82 Å². The molecule has 0 radical (unpaired) electrons. The summed E-state index contributed by atoms with van der Waals surface area (Å²) in [6.07, 6.45) is -0.181. The number of fused-ring (bicyclic) bond motifs is 1. The molecular weight excluding hydrogens is 206 g/mol. The van der Waals surface area contributed by atoms with Gasteiger partial charge in [-0.15, -0.1) is 0 Å². The second-order valence-electron chi connectivity index (χ2n) is 3.61. The molecule has 5 heteroatoms. The van der Waals surface area contributed by atoms with E-state index in [-0.39, 0.29) is 6.10 Å². The van der Waals surface area contributed by atoms with E-state index in [1.54, 1.807) is 6.07 Å². The van der Waals surface area contributed by atoms with E-state index in [1.807, 2.05) is 24.3 Å². The minimum absolute atomic E-state index is 0.181. The lowest BCUT2D eigenvalue weighted by molar-refractivity contribution is 0.0883. The molecule has 3 rings (SSSR count). The number of H-pyrrole nitrogens is 1. The highest BCUT2D eigenvalue weighted by atomic mass is 16.6. The van der Waals surface area contributed by atoms with Crippen LogP contribution in [-0.2, 0) is 0 Å². The summed E-state index contributed by atoms with van der Waals surface area (Å²) in [5.74, 6) is 1.97. The second kappa shape index (κ2) is 3.44. The van der Waals surface area contributed by atoms with Crippen molar-refractivity contribution in [2.75, 3.05) is 12.3 Å². The smallest absolute Gasteiger partial charge is 0.174 e. The van der Waals surface area contributed by atoms with Crippen LogP contribution in [0.3, 0.4) is 0 Å². The molecule has 1 aromatic heterocycles. The van der Waals surface area contributed by atoms with E-state index in [0.29, 0.717) is 12.4 Å². The number of nitrogens with one attached hydrogen (secondary N) is 1. The maximum absolute atomic E-state index is 5.78. The lowest BCUT2D eigenvalue weighted by Crippen LogP contribution is -2.21. The van der Waals surface area contributed by atoms with Crippen LogP contribution in [0.15, 0.2) is 30.3 Å². The zero-order valence-electron chi connectivity index (χ0n) is 8.51. The second-order valence-corrected chi connectivity index (χ2v) is 3.61. The molecule has 0 aliphatic carbocycles. The van der Waals surface area contributed by atoms with Crippen molar-refractivity contribution < 1.29 is 9.47 Å². The molecule has 0 amide bonds. The number of nitrogens with two attached hydrogens (primary N) is 1. The van der Waals surface area contributed by atoms with Gasteiger partial charge in [0.15, 0.2) is 17.6 Å². The Labute approximate surface area is 92.2 Å². The lowest BCUT2D eigenvalue weighted by Gasteiger charge is -2.25.